The van der Waals surface area contributed by atoms with Gasteiger partial charge < -0.3 is 14.8 Å². The summed E-state index contributed by atoms with van der Waals surface area (Å²) in [5.41, 5.74) is 1.35. The molecular formula is C32H32N2O6S2. The first-order chi connectivity index (χ1) is 20.1. The van der Waals surface area contributed by atoms with E-state index in [2.05, 4.69) is 5.32 Å². The van der Waals surface area contributed by atoms with Crippen molar-refractivity contribution in [1.82, 2.24) is 10.2 Å². The predicted molar refractivity (Wildman–Crippen MR) is 161 cm³/mol. The lowest BCUT2D eigenvalue weighted by Crippen LogP contribution is -2.70. The lowest BCUT2D eigenvalue weighted by atomic mass is 9.97. The van der Waals surface area contributed by atoms with Gasteiger partial charge in [0, 0.05) is 16.2 Å². The number of nitrogens with zero attached hydrogens (tertiary/aromatic N) is 1. The minimum Gasteiger partial charge on any atom is -0.461 e. The van der Waals surface area contributed by atoms with Gasteiger partial charge in [-0.15, -0.1) is 23.1 Å². The summed E-state index contributed by atoms with van der Waals surface area (Å²) in [6.07, 6.45) is -0.551. The number of nitrogens with one attached hydrogen (secondary N) is 1. The number of hydrogen-bond acceptors (Lipinski definition) is 8. The average molecular weight is 605 g/mol. The van der Waals surface area contributed by atoms with Crippen LogP contribution < -0.4 is 5.32 Å². The Labute approximate surface area is 253 Å². The van der Waals surface area contributed by atoms with E-state index in [1.165, 1.54) is 28.0 Å². The van der Waals surface area contributed by atoms with Crippen molar-refractivity contribution >= 4 is 46.9 Å². The number of ether oxygens (including phenoxy) is 2. The largest absolute Gasteiger partial charge is 0.461 e. The third-order valence-corrected chi connectivity index (χ3v) is 9.11. The van der Waals surface area contributed by atoms with Gasteiger partial charge in [-0.1, -0.05) is 66.7 Å². The fourth-order valence-corrected chi connectivity index (χ4v) is 6.73. The Bertz CT molecular complexity index is 1440. The Morgan fingerprint density at radius 2 is 1.62 bits per heavy atom. The first-order valence-electron chi connectivity index (χ1n) is 13.6. The number of fused-ring (bicyclic) bond motifs is 1. The molecule has 1 N–H and O–H groups in total. The number of β-lactam (4-membered cyclic amide) rings is 1. The number of carbonyl (C=O) groups excluding carboxylic acids is 4. The van der Waals surface area contributed by atoms with Gasteiger partial charge in [-0.05, 0) is 43.3 Å². The van der Waals surface area contributed by atoms with Crippen molar-refractivity contribution in [2.24, 2.45) is 5.41 Å². The first-order valence-corrected chi connectivity index (χ1v) is 15.5. The molecule has 1 aromatic heterocycles. The third kappa shape index (κ3) is 6.44. The smallest absolute Gasteiger partial charge is 0.356 e. The second-order valence-electron chi connectivity index (χ2n) is 11.1. The van der Waals surface area contributed by atoms with E-state index in [-0.39, 0.29) is 24.6 Å². The molecular weight excluding hydrogens is 572 g/mol. The number of esters is 2. The highest BCUT2D eigenvalue weighted by atomic mass is 32.2. The number of thioether (sulfide) groups is 1. The number of hydrogen-bond donors (Lipinski definition) is 1. The van der Waals surface area contributed by atoms with Crippen molar-refractivity contribution in [2.45, 2.75) is 44.7 Å². The number of carbonyl (C=O) groups is 4. The molecule has 0 aliphatic carbocycles. The molecule has 3 heterocycles. The maximum atomic E-state index is 14.0. The van der Waals surface area contributed by atoms with Crippen LogP contribution in [0, 0.1) is 5.41 Å². The Balaban J connectivity index is 1.42. The summed E-state index contributed by atoms with van der Waals surface area (Å²) in [7, 11) is 0. The van der Waals surface area contributed by atoms with Gasteiger partial charge in [0.05, 0.1) is 11.8 Å². The van der Waals surface area contributed by atoms with Gasteiger partial charge in [-0.3, -0.25) is 19.3 Å². The summed E-state index contributed by atoms with van der Waals surface area (Å²) >= 11 is 2.88. The highest BCUT2D eigenvalue weighted by Crippen LogP contribution is 2.42. The number of benzene rings is 2. The molecule has 2 aliphatic heterocycles. The van der Waals surface area contributed by atoms with Crippen LogP contribution in [0.2, 0.25) is 0 Å². The van der Waals surface area contributed by atoms with E-state index in [9.17, 15) is 19.2 Å². The zero-order valence-corrected chi connectivity index (χ0v) is 25.2. The summed E-state index contributed by atoms with van der Waals surface area (Å²) in [5.74, 6) is -1.46. The molecule has 0 bridgehead atoms. The Morgan fingerprint density at radius 1 is 0.976 bits per heavy atom. The maximum absolute atomic E-state index is 14.0. The van der Waals surface area contributed by atoms with Crippen LogP contribution in [0.1, 0.15) is 42.9 Å². The molecule has 10 heteroatoms. The van der Waals surface area contributed by atoms with Gasteiger partial charge in [0.2, 0.25) is 5.91 Å². The van der Waals surface area contributed by atoms with Crippen LogP contribution in [0.15, 0.2) is 89.4 Å². The number of thiophene rings is 1. The van der Waals surface area contributed by atoms with Crippen LogP contribution in [0.5, 0.6) is 0 Å². The van der Waals surface area contributed by atoms with Crippen molar-refractivity contribution in [1.29, 1.82) is 0 Å². The summed E-state index contributed by atoms with van der Waals surface area (Å²) in [5, 5.41) is 4.24. The van der Waals surface area contributed by atoms with Crippen molar-refractivity contribution in [3.63, 3.8) is 0 Å². The molecule has 0 saturated carbocycles. The fourth-order valence-electron chi connectivity index (χ4n) is 4.69. The first kappa shape index (κ1) is 29.6. The Hall–Kier alpha value is -3.89. The van der Waals surface area contributed by atoms with Crippen molar-refractivity contribution < 1.29 is 28.7 Å². The van der Waals surface area contributed by atoms with E-state index in [0.717, 1.165) is 16.0 Å². The van der Waals surface area contributed by atoms with E-state index < -0.39 is 40.8 Å². The van der Waals surface area contributed by atoms with Crippen LogP contribution >= 0.6 is 23.1 Å². The minimum absolute atomic E-state index is 0.0612. The lowest BCUT2D eigenvalue weighted by molar-refractivity contribution is -0.155. The standard InChI is InChI=1S/C32H32N2O6S2/c1-32(2,3)31(38)39-18-22-19-42-29-25(33-24(35)17-23-15-10-16-41-23)28(36)34(29)26(22)30(37)40-27(20-11-6-4-7-12-20)21-13-8-5-9-14-21/h4-16,25,27,29H,17-19H2,1-3H3,(H,33,35)/t25-,29-/m1/s1. The fraction of sp³-hybridized carbons (Fsp3) is 0.312. The van der Waals surface area contributed by atoms with E-state index in [1.807, 2.05) is 78.2 Å². The zero-order chi connectivity index (χ0) is 29.9. The molecule has 2 amide bonds. The van der Waals surface area contributed by atoms with Crippen LogP contribution in [-0.2, 0) is 35.1 Å². The molecule has 0 unspecified atom stereocenters. The molecule has 1 fully saturated rings. The maximum Gasteiger partial charge on any atom is 0.356 e. The van der Waals surface area contributed by atoms with Gasteiger partial charge in [0.1, 0.15) is 23.7 Å². The molecule has 218 valence electrons. The van der Waals surface area contributed by atoms with Crippen LogP contribution in [-0.4, -0.2) is 52.4 Å². The third-order valence-electron chi connectivity index (χ3n) is 6.89. The van der Waals surface area contributed by atoms with Crippen LogP contribution in [0.25, 0.3) is 0 Å². The normalized spacial score (nSPS) is 18.3. The minimum atomic E-state index is -0.775. The van der Waals surface area contributed by atoms with E-state index >= 15 is 0 Å². The SMILES string of the molecule is CC(C)(C)C(=O)OCC1=C(C(=O)OC(c2ccccc2)c2ccccc2)N2C(=O)[C@@H](NC(=O)Cc3cccs3)[C@H]2SC1. The summed E-state index contributed by atoms with van der Waals surface area (Å²) < 4.78 is 11.7. The summed E-state index contributed by atoms with van der Waals surface area (Å²) in [6.45, 7) is 5.09. The van der Waals surface area contributed by atoms with E-state index in [4.69, 9.17) is 9.47 Å². The van der Waals surface area contributed by atoms with Gasteiger partial charge in [-0.2, -0.15) is 0 Å². The average Bonchev–Trinajstić information content (AvgIpc) is 3.50. The Morgan fingerprint density at radius 3 is 2.19 bits per heavy atom. The topological polar surface area (TPSA) is 102 Å². The van der Waals surface area contributed by atoms with Gasteiger partial charge >= 0.3 is 11.9 Å². The van der Waals surface area contributed by atoms with Crippen LogP contribution in [0.3, 0.4) is 0 Å². The van der Waals surface area contributed by atoms with Gasteiger partial charge in [-0.25, -0.2) is 4.79 Å². The van der Waals surface area contributed by atoms with E-state index in [1.54, 1.807) is 20.8 Å². The highest BCUT2D eigenvalue weighted by Gasteiger charge is 2.54. The summed E-state index contributed by atoms with van der Waals surface area (Å²) in [4.78, 5) is 55.0. The van der Waals surface area contributed by atoms with Crippen molar-refractivity contribution in [3.05, 3.63) is 105 Å². The molecule has 1 saturated heterocycles. The molecule has 2 atom stereocenters. The molecule has 0 radical (unpaired) electrons. The lowest BCUT2D eigenvalue weighted by Gasteiger charge is -2.49. The molecule has 0 spiro atoms. The number of amides is 2. The Kier molecular flexibility index (Phi) is 8.84. The second kappa shape index (κ2) is 12.5. The van der Waals surface area contributed by atoms with Crippen LogP contribution in [0.4, 0.5) is 0 Å². The molecule has 42 heavy (non-hydrogen) atoms. The molecule has 2 aliphatic rings. The summed E-state index contributed by atoms with van der Waals surface area (Å²) in [6, 6.07) is 21.7. The number of rotatable bonds is 9. The molecule has 8 nitrogen and oxygen atoms in total. The molecule has 2 aromatic carbocycles. The molecule has 3 aromatic rings. The highest BCUT2D eigenvalue weighted by molar-refractivity contribution is 8.00. The monoisotopic (exact) mass is 604 g/mol. The van der Waals surface area contributed by atoms with Crippen molar-refractivity contribution in [2.75, 3.05) is 12.4 Å². The molecule has 5 rings (SSSR count). The van der Waals surface area contributed by atoms with E-state index in [0.29, 0.717) is 11.3 Å². The zero-order valence-electron chi connectivity index (χ0n) is 23.6. The quantitative estimate of drug-likeness (QED) is 0.275. The van der Waals surface area contributed by atoms with Crippen molar-refractivity contribution in [3.8, 4) is 0 Å². The second-order valence-corrected chi connectivity index (χ2v) is 13.2. The van der Waals surface area contributed by atoms with Gasteiger partial charge in [0.15, 0.2) is 6.10 Å². The predicted octanol–water partition coefficient (Wildman–Crippen LogP) is 4.87. The van der Waals surface area contributed by atoms with Gasteiger partial charge in [0.25, 0.3) is 5.91 Å².